The van der Waals surface area contributed by atoms with Gasteiger partial charge in [0.25, 0.3) is 0 Å². The van der Waals surface area contributed by atoms with Gasteiger partial charge in [-0.15, -0.1) is 0 Å². The Kier molecular flexibility index (Phi) is 3.24. The van der Waals surface area contributed by atoms with Crippen molar-refractivity contribution < 1.29 is 0 Å². The molecule has 0 aliphatic rings. The molecule has 0 atom stereocenters. The fourth-order valence-electron chi connectivity index (χ4n) is 2.45. The smallest absolute Gasteiger partial charge is 0.170 e. The molecule has 0 saturated carbocycles. The number of hydrogen-bond donors (Lipinski definition) is 3. The van der Waals surface area contributed by atoms with E-state index in [1.54, 1.807) is 6.33 Å². The van der Waals surface area contributed by atoms with E-state index in [0.29, 0.717) is 28.4 Å². The number of nitrogen functional groups attached to an aromatic ring is 2. The van der Waals surface area contributed by atoms with Crippen LogP contribution in [0.15, 0.2) is 61.2 Å². The van der Waals surface area contributed by atoms with Gasteiger partial charge in [0, 0.05) is 22.7 Å². The van der Waals surface area contributed by atoms with Crippen LogP contribution in [-0.2, 0) is 0 Å². The van der Waals surface area contributed by atoms with Crippen molar-refractivity contribution >= 4 is 34.0 Å². The van der Waals surface area contributed by atoms with Crippen molar-refractivity contribution in [2.75, 3.05) is 16.8 Å². The van der Waals surface area contributed by atoms with E-state index in [0.717, 1.165) is 11.4 Å². The van der Waals surface area contributed by atoms with Gasteiger partial charge in [-0.3, -0.25) is 4.57 Å². The third-order valence-corrected chi connectivity index (χ3v) is 3.68. The van der Waals surface area contributed by atoms with Gasteiger partial charge in [0.05, 0.1) is 0 Å². The lowest BCUT2D eigenvalue weighted by atomic mass is 10.3. The van der Waals surface area contributed by atoms with E-state index in [2.05, 4.69) is 20.3 Å². The zero-order chi connectivity index (χ0) is 16.5. The minimum atomic E-state index is 0.638. The standard InChI is InChI=1S/C17H15N7/c18-11-1-5-13(6-2-11)23-16-15-17(21-9-20-16)24(10-22-15)14-7-3-12(19)4-8-14/h1-10H,18-19H2,(H,20,21,23). The quantitative estimate of drug-likeness (QED) is 0.501. The van der Waals surface area contributed by atoms with E-state index in [1.165, 1.54) is 6.33 Å². The molecule has 0 amide bonds. The highest BCUT2D eigenvalue weighted by Crippen LogP contribution is 2.24. The average molecular weight is 317 g/mol. The van der Waals surface area contributed by atoms with Gasteiger partial charge in [-0.1, -0.05) is 0 Å². The van der Waals surface area contributed by atoms with Gasteiger partial charge in [-0.25, -0.2) is 15.0 Å². The molecule has 24 heavy (non-hydrogen) atoms. The first-order valence-corrected chi connectivity index (χ1v) is 7.37. The van der Waals surface area contributed by atoms with Crippen molar-refractivity contribution in [1.82, 2.24) is 19.5 Å². The van der Waals surface area contributed by atoms with E-state index in [-0.39, 0.29) is 0 Å². The van der Waals surface area contributed by atoms with Gasteiger partial charge in [0.1, 0.15) is 12.7 Å². The van der Waals surface area contributed by atoms with Gasteiger partial charge in [0.15, 0.2) is 17.0 Å². The fourth-order valence-corrected chi connectivity index (χ4v) is 2.45. The lowest BCUT2D eigenvalue weighted by Gasteiger charge is -2.07. The molecule has 5 N–H and O–H groups in total. The van der Waals surface area contributed by atoms with Gasteiger partial charge in [-0.2, -0.15) is 0 Å². The monoisotopic (exact) mass is 317 g/mol. The highest BCUT2D eigenvalue weighted by atomic mass is 15.1. The van der Waals surface area contributed by atoms with E-state index in [9.17, 15) is 0 Å². The molecular weight excluding hydrogens is 302 g/mol. The Morgan fingerprint density at radius 1 is 0.792 bits per heavy atom. The Labute approximate surface area is 138 Å². The maximum atomic E-state index is 5.74. The summed E-state index contributed by atoms with van der Waals surface area (Å²) >= 11 is 0. The number of hydrogen-bond acceptors (Lipinski definition) is 6. The second-order valence-corrected chi connectivity index (χ2v) is 5.35. The normalized spacial score (nSPS) is 10.8. The molecule has 0 saturated heterocycles. The number of benzene rings is 2. The molecule has 2 heterocycles. The number of anilines is 4. The first-order valence-electron chi connectivity index (χ1n) is 7.37. The van der Waals surface area contributed by atoms with Gasteiger partial charge in [-0.05, 0) is 48.5 Å². The number of nitrogens with one attached hydrogen (secondary N) is 1. The van der Waals surface area contributed by atoms with Crippen molar-refractivity contribution in [1.29, 1.82) is 0 Å². The largest absolute Gasteiger partial charge is 0.399 e. The maximum Gasteiger partial charge on any atom is 0.170 e. The Hall–Kier alpha value is -3.61. The summed E-state index contributed by atoms with van der Waals surface area (Å²) in [5, 5.41) is 3.25. The molecule has 0 unspecified atom stereocenters. The molecule has 2 aromatic heterocycles. The van der Waals surface area contributed by atoms with E-state index in [4.69, 9.17) is 11.5 Å². The zero-order valence-electron chi connectivity index (χ0n) is 12.7. The van der Waals surface area contributed by atoms with Gasteiger partial charge in [0.2, 0.25) is 0 Å². The van der Waals surface area contributed by atoms with Gasteiger partial charge < -0.3 is 16.8 Å². The predicted molar refractivity (Wildman–Crippen MR) is 95.2 cm³/mol. The lowest BCUT2D eigenvalue weighted by Crippen LogP contribution is -1.98. The van der Waals surface area contributed by atoms with E-state index in [1.807, 2.05) is 53.1 Å². The highest BCUT2D eigenvalue weighted by Gasteiger charge is 2.11. The fraction of sp³-hybridized carbons (Fsp3) is 0. The number of nitrogens with zero attached hydrogens (tertiary/aromatic N) is 4. The molecule has 0 aliphatic heterocycles. The minimum Gasteiger partial charge on any atom is -0.399 e. The van der Waals surface area contributed by atoms with Crippen LogP contribution < -0.4 is 16.8 Å². The number of fused-ring (bicyclic) bond motifs is 1. The molecule has 0 radical (unpaired) electrons. The summed E-state index contributed by atoms with van der Waals surface area (Å²) in [6.45, 7) is 0. The third kappa shape index (κ3) is 2.48. The molecule has 7 heteroatoms. The summed E-state index contributed by atoms with van der Waals surface area (Å²) in [5.41, 5.74) is 16.1. The summed E-state index contributed by atoms with van der Waals surface area (Å²) in [6.07, 6.45) is 3.23. The molecule has 0 aliphatic carbocycles. The predicted octanol–water partition coefficient (Wildman–Crippen LogP) is 2.72. The number of nitrogens with two attached hydrogens (primary N) is 2. The van der Waals surface area contributed by atoms with Crippen molar-refractivity contribution in [3.05, 3.63) is 61.2 Å². The van der Waals surface area contributed by atoms with Crippen molar-refractivity contribution in [2.24, 2.45) is 0 Å². The minimum absolute atomic E-state index is 0.638. The summed E-state index contributed by atoms with van der Waals surface area (Å²) in [5.74, 6) is 0.638. The summed E-state index contributed by atoms with van der Waals surface area (Å²) in [6, 6.07) is 15.0. The first-order chi connectivity index (χ1) is 11.7. The van der Waals surface area contributed by atoms with Crippen LogP contribution in [0.25, 0.3) is 16.9 Å². The molecule has 7 nitrogen and oxygen atoms in total. The highest BCUT2D eigenvalue weighted by molar-refractivity contribution is 5.86. The molecule has 2 aromatic carbocycles. The van der Waals surface area contributed by atoms with E-state index < -0.39 is 0 Å². The molecule has 0 bridgehead atoms. The Morgan fingerprint density at radius 2 is 1.46 bits per heavy atom. The second-order valence-electron chi connectivity index (χ2n) is 5.35. The van der Waals surface area contributed by atoms with Crippen LogP contribution in [0.3, 0.4) is 0 Å². The molecule has 118 valence electrons. The molecule has 0 fully saturated rings. The Morgan fingerprint density at radius 3 is 2.17 bits per heavy atom. The van der Waals surface area contributed by atoms with Crippen LogP contribution >= 0.6 is 0 Å². The number of aromatic nitrogens is 4. The lowest BCUT2D eigenvalue weighted by molar-refractivity contribution is 1.06. The summed E-state index contributed by atoms with van der Waals surface area (Å²) < 4.78 is 1.89. The number of imidazole rings is 1. The molecular formula is C17H15N7. The third-order valence-electron chi connectivity index (χ3n) is 3.68. The number of rotatable bonds is 3. The molecule has 4 rings (SSSR count). The van der Waals surface area contributed by atoms with Crippen molar-refractivity contribution in [3.63, 3.8) is 0 Å². The Balaban J connectivity index is 1.76. The van der Waals surface area contributed by atoms with Crippen LogP contribution in [0.1, 0.15) is 0 Å². The SMILES string of the molecule is Nc1ccc(Nc2ncnc3c2ncn3-c2ccc(N)cc2)cc1. The molecule has 0 spiro atoms. The van der Waals surface area contributed by atoms with Crippen LogP contribution in [-0.4, -0.2) is 19.5 Å². The van der Waals surface area contributed by atoms with Crippen molar-refractivity contribution in [2.45, 2.75) is 0 Å². The zero-order valence-corrected chi connectivity index (χ0v) is 12.7. The van der Waals surface area contributed by atoms with Crippen molar-refractivity contribution in [3.8, 4) is 5.69 Å². The van der Waals surface area contributed by atoms with E-state index >= 15 is 0 Å². The average Bonchev–Trinajstić information content (AvgIpc) is 3.03. The van der Waals surface area contributed by atoms with Crippen LogP contribution in [0.2, 0.25) is 0 Å². The first kappa shape index (κ1) is 14.0. The van der Waals surface area contributed by atoms with Gasteiger partial charge >= 0.3 is 0 Å². The van der Waals surface area contributed by atoms with Crippen LogP contribution in [0.5, 0.6) is 0 Å². The summed E-state index contributed by atoms with van der Waals surface area (Å²) in [4.78, 5) is 13.1. The van der Waals surface area contributed by atoms with Crippen LogP contribution in [0, 0.1) is 0 Å². The molecule has 4 aromatic rings. The second kappa shape index (κ2) is 5.54. The maximum absolute atomic E-state index is 5.74. The topological polar surface area (TPSA) is 108 Å². The summed E-state index contributed by atoms with van der Waals surface area (Å²) in [7, 11) is 0. The Bertz CT molecular complexity index is 988. The van der Waals surface area contributed by atoms with Crippen LogP contribution in [0.4, 0.5) is 22.9 Å².